The fraction of sp³-hybridized carbons (Fsp3) is 0.875. The van der Waals surface area contributed by atoms with Crippen molar-refractivity contribution in [3.63, 3.8) is 0 Å². The number of ketones is 1. The number of ether oxygens (including phenoxy) is 1. The first kappa shape index (κ1) is 22.9. The normalized spacial score (nSPS) is 16.2. The molecule has 0 aliphatic heterocycles. The van der Waals surface area contributed by atoms with Crippen LogP contribution in [0.5, 0.6) is 0 Å². The van der Waals surface area contributed by atoms with Gasteiger partial charge < -0.3 is 30.9 Å². The molecule has 8 heteroatoms. The molecule has 24 heavy (non-hydrogen) atoms. The zero-order valence-electron chi connectivity index (χ0n) is 15.2. The SMILES string of the molecule is CCC(C)NCCNCCNC(=O)[C@H](O)[C@@H](O)C(=O)C(CC)OC. The summed E-state index contributed by atoms with van der Waals surface area (Å²) < 4.78 is 4.90. The fourth-order valence-corrected chi connectivity index (χ4v) is 2.03. The van der Waals surface area contributed by atoms with Crippen molar-refractivity contribution >= 4 is 11.7 Å². The van der Waals surface area contributed by atoms with Crippen molar-refractivity contribution in [1.29, 1.82) is 0 Å². The van der Waals surface area contributed by atoms with Gasteiger partial charge in [-0.2, -0.15) is 0 Å². The van der Waals surface area contributed by atoms with Crippen LogP contribution in [0.15, 0.2) is 0 Å². The van der Waals surface area contributed by atoms with E-state index >= 15 is 0 Å². The number of rotatable bonds is 14. The number of methoxy groups -OCH3 is 1. The van der Waals surface area contributed by atoms with Crippen LogP contribution in [-0.4, -0.2) is 79.5 Å². The number of aliphatic hydroxyl groups is 2. The number of carbonyl (C=O) groups is 2. The molecule has 0 heterocycles. The highest BCUT2D eigenvalue weighted by Gasteiger charge is 2.33. The first-order valence-electron chi connectivity index (χ1n) is 8.53. The Hall–Kier alpha value is -1.06. The summed E-state index contributed by atoms with van der Waals surface area (Å²) in [6.07, 6.45) is -3.00. The van der Waals surface area contributed by atoms with Gasteiger partial charge in [-0.3, -0.25) is 9.59 Å². The van der Waals surface area contributed by atoms with E-state index in [9.17, 15) is 19.8 Å². The number of nitrogens with one attached hydrogen (secondary N) is 3. The van der Waals surface area contributed by atoms with Crippen molar-refractivity contribution in [2.24, 2.45) is 0 Å². The van der Waals surface area contributed by atoms with Gasteiger partial charge in [-0.15, -0.1) is 0 Å². The maximum atomic E-state index is 11.8. The predicted octanol–water partition coefficient (Wildman–Crippen LogP) is -1.20. The second-order valence-electron chi connectivity index (χ2n) is 5.73. The van der Waals surface area contributed by atoms with Crippen molar-refractivity contribution < 1.29 is 24.5 Å². The third kappa shape index (κ3) is 8.70. The molecule has 0 aliphatic carbocycles. The Labute approximate surface area is 144 Å². The van der Waals surface area contributed by atoms with Crippen molar-refractivity contribution in [2.45, 2.75) is 58.0 Å². The molecule has 0 saturated carbocycles. The lowest BCUT2D eigenvalue weighted by atomic mass is 10.0. The van der Waals surface area contributed by atoms with Gasteiger partial charge in [0.05, 0.1) is 0 Å². The lowest BCUT2D eigenvalue weighted by Gasteiger charge is -2.20. The summed E-state index contributed by atoms with van der Waals surface area (Å²) in [5.74, 6) is -1.47. The molecular weight excluding hydrogens is 314 g/mol. The summed E-state index contributed by atoms with van der Waals surface area (Å²) in [6.45, 7) is 8.35. The van der Waals surface area contributed by atoms with Gasteiger partial charge in [0.25, 0.3) is 5.91 Å². The highest BCUT2D eigenvalue weighted by atomic mass is 16.5. The van der Waals surface area contributed by atoms with Crippen molar-refractivity contribution in [1.82, 2.24) is 16.0 Å². The molecule has 0 bridgehead atoms. The van der Waals surface area contributed by atoms with Gasteiger partial charge in [0, 0.05) is 39.3 Å². The Balaban J connectivity index is 3.96. The van der Waals surface area contributed by atoms with E-state index in [0.717, 1.165) is 19.5 Å². The van der Waals surface area contributed by atoms with Crippen LogP contribution in [0, 0.1) is 0 Å². The summed E-state index contributed by atoms with van der Waals surface area (Å²) in [5.41, 5.74) is 0. The molecule has 0 fully saturated rings. The van der Waals surface area contributed by atoms with Crippen LogP contribution in [-0.2, 0) is 14.3 Å². The zero-order valence-corrected chi connectivity index (χ0v) is 15.2. The minimum atomic E-state index is -1.80. The largest absolute Gasteiger partial charge is 0.382 e. The molecule has 0 aromatic heterocycles. The first-order valence-corrected chi connectivity index (χ1v) is 8.53. The van der Waals surface area contributed by atoms with Crippen LogP contribution in [0.2, 0.25) is 0 Å². The molecule has 5 N–H and O–H groups in total. The van der Waals surface area contributed by atoms with E-state index < -0.39 is 30.0 Å². The average Bonchev–Trinajstić information content (AvgIpc) is 2.59. The first-order chi connectivity index (χ1) is 11.4. The van der Waals surface area contributed by atoms with E-state index in [4.69, 9.17) is 4.74 Å². The number of carbonyl (C=O) groups excluding carboxylic acids is 2. The summed E-state index contributed by atoms with van der Waals surface area (Å²) in [6, 6.07) is 0.472. The average molecular weight is 347 g/mol. The monoisotopic (exact) mass is 347 g/mol. The highest BCUT2D eigenvalue weighted by Crippen LogP contribution is 2.05. The number of hydrogen-bond acceptors (Lipinski definition) is 7. The Morgan fingerprint density at radius 2 is 1.62 bits per heavy atom. The standard InChI is InChI=1S/C16H33N3O5/c1-5-11(3)18-9-7-17-8-10-19-16(23)15(22)14(21)13(20)12(6-2)24-4/h11-12,14-15,17-18,21-22H,5-10H2,1-4H3,(H,19,23)/t11?,12?,14-,15+/m0/s1. The number of aliphatic hydroxyl groups excluding tert-OH is 2. The minimum Gasteiger partial charge on any atom is -0.382 e. The van der Waals surface area contributed by atoms with E-state index in [1.165, 1.54) is 7.11 Å². The smallest absolute Gasteiger partial charge is 0.252 e. The Kier molecular flexibility index (Phi) is 12.7. The lowest BCUT2D eigenvalue weighted by Crippen LogP contribution is -2.49. The molecule has 0 aliphatic rings. The number of Topliss-reactive ketones (excluding diaryl/α,β-unsaturated/α-hetero) is 1. The lowest BCUT2D eigenvalue weighted by molar-refractivity contribution is -0.150. The van der Waals surface area contributed by atoms with Crippen LogP contribution in [0.25, 0.3) is 0 Å². The second-order valence-corrected chi connectivity index (χ2v) is 5.73. The molecule has 0 rings (SSSR count). The van der Waals surface area contributed by atoms with Gasteiger partial charge in [-0.1, -0.05) is 13.8 Å². The molecule has 8 nitrogen and oxygen atoms in total. The maximum Gasteiger partial charge on any atom is 0.252 e. The van der Waals surface area contributed by atoms with Gasteiger partial charge in [0.1, 0.15) is 12.2 Å². The van der Waals surface area contributed by atoms with Crippen LogP contribution in [0.4, 0.5) is 0 Å². The van der Waals surface area contributed by atoms with Gasteiger partial charge in [-0.25, -0.2) is 0 Å². The molecule has 0 radical (unpaired) electrons. The van der Waals surface area contributed by atoms with Crippen molar-refractivity contribution in [2.75, 3.05) is 33.3 Å². The van der Waals surface area contributed by atoms with Crippen LogP contribution in [0.1, 0.15) is 33.6 Å². The maximum absolute atomic E-state index is 11.8. The van der Waals surface area contributed by atoms with Gasteiger partial charge in [0.2, 0.25) is 0 Å². The summed E-state index contributed by atoms with van der Waals surface area (Å²) in [7, 11) is 1.34. The molecule has 0 saturated heterocycles. The van der Waals surface area contributed by atoms with Gasteiger partial charge in [0.15, 0.2) is 11.9 Å². The molecule has 0 aromatic rings. The molecule has 1 amide bonds. The van der Waals surface area contributed by atoms with Crippen LogP contribution < -0.4 is 16.0 Å². The quantitative estimate of drug-likeness (QED) is 0.250. The Morgan fingerprint density at radius 3 is 2.17 bits per heavy atom. The predicted molar refractivity (Wildman–Crippen MR) is 91.7 cm³/mol. The Bertz CT molecular complexity index is 364. The molecule has 0 aromatic carbocycles. The van der Waals surface area contributed by atoms with Crippen LogP contribution >= 0.6 is 0 Å². The van der Waals surface area contributed by atoms with E-state index in [2.05, 4.69) is 29.8 Å². The second kappa shape index (κ2) is 13.3. The third-order valence-corrected chi connectivity index (χ3v) is 3.84. The summed E-state index contributed by atoms with van der Waals surface area (Å²) in [4.78, 5) is 23.6. The summed E-state index contributed by atoms with van der Waals surface area (Å²) in [5, 5.41) is 28.5. The van der Waals surface area contributed by atoms with Crippen molar-refractivity contribution in [3.05, 3.63) is 0 Å². The molecular formula is C16H33N3O5. The highest BCUT2D eigenvalue weighted by molar-refractivity contribution is 5.94. The molecule has 2 unspecified atom stereocenters. The molecule has 0 spiro atoms. The Morgan fingerprint density at radius 1 is 1.00 bits per heavy atom. The third-order valence-electron chi connectivity index (χ3n) is 3.84. The van der Waals surface area contributed by atoms with Gasteiger partial charge >= 0.3 is 0 Å². The van der Waals surface area contributed by atoms with E-state index in [0.29, 0.717) is 25.6 Å². The number of hydrogen-bond donors (Lipinski definition) is 5. The van der Waals surface area contributed by atoms with Gasteiger partial charge in [-0.05, 0) is 19.8 Å². The zero-order chi connectivity index (χ0) is 18.5. The topological polar surface area (TPSA) is 120 Å². The van der Waals surface area contributed by atoms with Crippen LogP contribution in [0.3, 0.4) is 0 Å². The molecule has 4 atom stereocenters. The fourth-order valence-electron chi connectivity index (χ4n) is 2.03. The summed E-state index contributed by atoms with van der Waals surface area (Å²) >= 11 is 0. The van der Waals surface area contributed by atoms with E-state index in [-0.39, 0.29) is 0 Å². The van der Waals surface area contributed by atoms with Crippen molar-refractivity contribution in [3.8, 4) is 0 Å². The van der Waals surface area contributed by atoms with E-state index in [1.54, 1.807) is 6.92 Å². The molecule has 142 valence electrons. The number of amides is 1. The van der Waals surface area contributed by atoms with E-state index in [1.807, 2.05) is 0 Å². The minimum absolute atomic E-state index is 0.293.